The fourth-order valence-electron chi connectivity index (χ4n) is 1.06. The third kappa shape index (κ3) is 1.73. The largest absolute Gasteiger partial charge is 0.399 e. The van der Waals surface area contributed by atoms with Gasteiger partial charge in [-0.3, -0.25) is 0 Å². The molecule has 2 N–H and O–H groups in total. The van der Waals surface area contributed by atoms with E-state index in [1.165, 1.54) is 11.1 Å². The SMILES string of the molecule is Cc1cc(C(C)C)ccc1N. The zero-order valence-corrected chi connectivity index (χ0v) is 7.39. The summed E-state index contributed by atoms with van der Waals surface area (Å²) in [5.41, 5.74) is 9.11. The van der Waals surface area contributed by atoms with E-state index in [1.807, 2.05) is 13.0 Å². The summed E-state index contributed by atoms with van der Waals surface area (Å²) in [6.45, 7) is 6.41. The molecule has 1 rings (SSSR count). The Bertz CT molecular complexity index is 251. The predicted molar refractivity (Wildman–Crippen MR) is 49.7 cm³/mol. The summed E-state index contributed by atoms with van der Waals surface area (Å²) in [6.07, 6.45) is 0. The molecule has 1 heteroatoms. The molecule has 0 radical (unpaired) electrons. The minimum absolute atomic E-state index is 0.592. The Morgan fingerprint density at radius 2 is 1.91 bits per heavy atom. The van der Waals surface area contributed by atoms with Crippen LogP contribution in [0.4, 0.5) is 5.69 Å². The van der Waals surface area contributed by atoms with Crippen molar-refractivity contribution in [2.45, 2.75) is 26.7 Å². The second-order valence-electron chi connectivity index (χ2n) is 3.27. The van der Waals surface area contributed by atoms with Gasteiger partial charge in [-0.1, -0.05) is 26.0 Å². The Morgan fingerprint density at radius 3 is 2.36 bits per heavy atom. The summed E-state index contributed by atoms with van der Waals surface area (Å²) in [5.74, 6) is 0.592. The smallest absolute Gasteiger partial charge is 0.0343 e. The fraction of sp³-hybridized carbons (Fsp3) is 0.400. The number of anilines is 1. The van der Waals surface area contributed by atoms with Gasteiger partial charge in [-0.05, 0) is 30.0 Å². The second-order valence-corrected chi connectivity index (χ2v) is 3.27. The van der Waals surface area contributed by atoms with Crippen molar-refractivity contribution in [1.29, 1.82) is 0 Å². The van der Waals surface area contributed by atoms with E-state index in [0.29, 0.717) is 5.92 Å². The molecule has 1 nitrogen and oxygen atoms in total. The number of aryl methyl sites for hydroxylation is 1. The van der Waals surface area contributed by atoms with Gasteiger partial charge >= 0.3 is 0 Å². The molecular weight excluding hydrogens is 134 g/mol. The van der Waals surface area contributed by atoms with Crippen LogP contribution in [0.3, 0.4) is 0 Å². The fourth-order valence-corrected chi connectivity index (χ4v) is 1.06. The number of nitrogen functional groups attached to an aromatic ring is 1. The van der Waals surface area contributed by atoms with Gasteiger partial charge in [0, 0.05) is 5.69 Å². The van der Waals surface area contributed by atoms with Crippen LogP contribution in [-0.4, -0.2) is 0 Å². The zero-order valence-electron chi connectivity index (χ0n) is 7.39. The molecule has 0 aliphatic heterocycles. The Hall–Kier alpha value is -0.980. The van der Waals surface area contributed by atoms with Crippen molar-refractivity contribution in [3.8, 4) is 0 Å². The lowest BCUT2D eigenvalue weighted by Crippen LogP contribution is -1.92. The first-order valence-corrected chi connectivity index (χ1v) is 3.97. The minimum Gasteiger partial charge on any atom is -0.399 e. The standard InChI is InChI=1S/C10H15N/c1-7(2)9-4-5-10(11)8(3)6-9/h4-7H,11H2,1-3H3. The summed E-state index contributed by atoms with van der Waals surface area (Å²) < 4.78 is 0. The van der Waals surface area contributed by atoms with Crippen LogP contribution < -0.4 is 5.73 Å². The quantitative estimate of drug-likeness (QED) is 0.610. The monoisotopic (exact) mass is 149 g/mol. The molecular formula is C10H15N. The molecule has 60 valence electrons. The lowest BCUT2D eigenvalue weighted by Gasteiger charge is -2.07. The maximum absolute atomic E-state index is 5.69. The van der Waals surface area contributed by atoms with Crippen LogP contribution in [0, 0.1) is 6.92 Å². The van der Waals surface area contributed by atoms with Gasteiger partial charge in [-0.2, -0.15) is 0 Å². The lowest BCUT2D eigenvalue weighted by atomic mass is 10.0. The van der Waals surface area contributed by atoms with Crippen molar-refractivity contribution in [3.63, 3.8) is 0 Å². The molecule has 0 saturated carbocycles. The third-order valence-corrected chi connectivity index (χ3v) is 1.96. The van der Waals surface area contributed by atoms with E-state index >= 15 is 0 Å². The average Bonchev–Trinajstić information content (AvgIpc) is 1.94. The van der Waals surface area contributed by atoms with Gasteiger partial charge in [0.25, 0.3) is 0 Å². The van der Waals surface area contributed by atoms with Gasteiger partial charge in [0.05, 0.1) is 0 Å². The molecule has 0 heterocycles. The van der Waals surface area contributed by atoms with Gasteiger partial charge in [0.1, 0.15) is 0 Å². The van der Waals surface area contributed by atoms with Gasteiger partial charge in [0.2, 0.25) is 0 Å². The van der Waals surface area contributed by atoms with E-state index < -0.39 is 0 Å². The van der Waals surface area contributed by atoms with E-state index in [-0.39, 0.29) is 0 Å². The van der Waals surface area contributed by atoms with Crippen LogP contribution in [0.25, 0.3) is 0 Å². The van der Waals surface area contributed by atoms with Crippen LogP contribution in [-0.2, 0) is 0 Å². The second kappa shape index (κ2) is 2.95. The van der Waals surface area contributed by atoms with Crippen molar-refractivity contribution in [2.75, 3.05) is 5.73 Å². The summed E-state index contributed by atoms with van der Waals surface area (Å²) in [5, 5.41) is 0. The summed E-state index contributed by atoms with van der Waals surface area (Å²) in [6, 6.07) is 6.22. The van der Waals surface area contributed by atoms with E-state index in [4.69, 9.17) is 5.73 Å². The lowest BCUT2D eigenvalue weighted by molar-refractivity contribution is 0.865. The zero-order chi connectivity index (χ0) is 8.43. The van der Waals surface area contributed by atoms with Gasteiger partial charge in [-0.15, -0.1) is 0 Å². The normalized spacial score (nSPS) is 10.5. The predicted octanol–water partition coefficient (Wildman–Crippen LogP) is 2.70. The highest BCUT2D eigenvalue weighted by Crippen LogP contribution is 2.19. The molecule has 11 heavy (non-hydrogen) atoms. The van der Waals surface area contributed by atoms with E-state index in [9.17, 15) is 0 Å². The molecule has 0 atom stereocenters. The maximum atomic E-state index is 5.69. The van der Waals surface area contributed by atoms with Gasteiger partial charge in [0.15, 0.2) is 0 Å². The number of rotatable bonds is 1. The number of nitrogens with two attached hydrogens (primary N) is 1. The van der Waals surface area contributed by atoms with E-state index in [1.54, 1.807) is 0 Å². The first-order chi connectivity index (χ1) is 5.11. The topological polar surface area (TPSA) is 26.0 Å². The Balaban J connectivity index is 3.05. The number of benzene rings is 1. The highest BCUT2D eigenvalue weighted by Gasteiger charge is 1.99. The van der Waals surface area contributed by atoms with Crippen LogP contribution in [0.2, 0.25) is 0 Å². The van der Waals surface area contributed by atoms with E-state index in [2.05, 4.69) is 26.0 Å². The van der Waals surface area contributed by atoms with Crippen molar-refractivity contribution in [3.05, 3.63) is 29.3 Å². The van der Waals surface area contributed by atoms with Crippen molar-refractivity contribution >= 4 is 5.69 Å². The molecule has 0 aromatic heterocycles. The Kier molecular flexibility index (Phi) is 2.18. The molecule has 0 spiro atoms. The highest BCUT2D eigenvalue weighted by atomic mass is 14.5. The minimum atomic E-state index is 0.592. The van der Waals surface area contributed by atoms with Crippen LogP contribution in [0.5, 0.6) is 0 Å². The van der Waals surface area contributed by atoms with Crippen molar-refractivity contribution < 1.29 is 0 Å². The van der Waals surface area contributed by atoms with Crippen molar-refractivity contribution in [1.82, 2.24) is 0 Å². The van der Waals surface area contributed by atoms with Crippen LogP contribution in [0.15, 0.2) is 18.2 Å². The first kappa shape index (κ1) is 8.12. The summed E-state index contributed by atoms with van der Waals surface area (Å²) in [7, 11) is 0. The Labute approximate surface area is 68.2 Å². The molecule has 0 fully saturated rings. The first-order valence-electron chi connectivity index (χ1n) is 3.97. The molecule has 0 saturated heterocycles. The molecule has 1 aromatic rings. The maximum Gasteiger partial charge on any atom is 0.0343 e. The van der Waals surface area contributed by atoms with Crippen molar-refractivity contribution in [2.24, 2.45) is 0 Å². The number of hydrogen-bond donors (Lipinski definition) is 1. The Morgan fingerprint density at radius 1 is 1.27 bits per heavy atom. The molecule has 0 aliphatic rings. The molecule has 0 unspecified atom stereocenters. The van der Waals surface area contributed by atoms with Crippen LogP contribution in [0.1, 0.15) is 30.9 Å². The number of hydrogen-bond acceptors (Lipinski definition) is 1. The summed E-state index contributed by atoms with van der Waals surface area (Å²) in [4.78, 5) is 0. The highest BCUT2D eigenvalue weighted by molar-refractivity contribution is 5.48. The van der Waals surface area contributed by atoms with Gasteiger partial charge < -0.3 is 5.73 Å². The average molecular weight is 149 g/mol. The van der Waals surface area contributed by atoms with E-state index in [0.717, 1.165) is 5.69 Å². The molecule has 0 bridgehead atoms. The molecule has 0 aliphatic carbocycles. The van der Waals surface area contributed by atoms with Crippen LogP contribution >= 0.6 is 0 Å². The summed E-state index contributed by atoms with van der Waals surface area (Å²) >= 11 is 0. The van der Waals surface area contributed by atoms with Gasteiger partial charge in [-0.25, -0.2) is 0 Å². The molecule has 1 aromatic carbocycles. The molecule has 0 amide bonds. The third-order valence-electron chi connectivity index (χ3n) is 1.96.